The van der Waals surface area contributed by atoms with Crippen LogP contribution in [0.25, 0.3) is 0 Å². The highest BCUT2D eigenvalue weighted by Gasteiger charge is 2.09. The highest BCUT2D eigenvalue weighted by molar-refractivity contribution is 5.40. The molecule has 0 bridgehead atoms. The van der Waals surface area contributed by atoms with Gasteiger partial charge < -0.3 is 20.6 Å². The Labute approximate surface area is 108 Å². The van der Waals surface area contributed by atoms with Crippen LogP contribution in [0.5, 0.6) is 11.5 Å². The Kier molecular flexibility index (Phi) is 6.54. The van der Waals surface area contributed by atoms with Gasteiger partial charge in [-0.25, -0.2) is 0 Å². The molecule has 0 aliphatic carbocycles. The number of hydrogen-bond donors (Lipinski definition) is 4. The van der Waals surface area contributed by atoms with E-state index < -0.39 is 0 Å². The molecular formula is C14H23NO3. The molecule has 102 valence electrons. The van der Waals surface area contributed by atoms with E-state index in [4.69, 9.17) is 5.11 Å². The fraction of sp³-hybridized carbons (Fsp3) is 0.571. The highest BCUT2D eigenvalue weighted by atomic mass is 16.3. The molecular weight excluding hydrogens is 230 g/mol. The first-order valence-electron chi connectivity index (χ1n) is 6.51. The quantitative estimate of drug-likeness (QED) is 0.536. The molecule has 0 radical (unpaired) electrons. The van der Waals surface area contributed by atoms with Gasteiger partial charge in [-0.15, -0.1) is 0 Å². The second kappa shape index (κ2) is 7.95. The molecule has 18 heavy (non-hydrogen) atoms. The van der Waals surface area contributed by atoms with Crippen LogP contribution in [0, 0.1) is 0 Å². The Bertz CT molecular complexity index is 355. The van der Waals surface area contributed by atoms with Gasteiger partial charge in [0, 0.05) is 24.3 Å². The van der Waals surface area contributed by atoms with Crippen molar-refractivity contribution in [1.29, 1.82) is 0 Å². The fourth-order valence-corrected chi connectivity index (χ4v) is 1.92. The van der Waals surface area contributed by atoms with Crippen LogP contribution in [-0.2, 0) is 0 Å². The molecule has 0 amide bonds. The van der Waals surface area contributed by atoms with E-state index in [1.54, 1.807) is 12.1 Å². The molecule has 0 aliphatic heterocycles. The predicted molar refractivity (Wildman–Crippen MR) is 71.7 cm³/mol. The van der Waals surface area contributed by atoms with E-state index in [-0.39, 0.29) is 24.1 Å². The van der Waals surface area contributed by atoms with Gasteiger partial charge in [-0.1, -0.05) is 18.9 Å². The standard InChI is InChI=1S/C14H23NO3/c1-11(15-8-4-2-3-5-9-16)13-7-6-12(17)10-14(13)18/h6-7,10-11,15-18H,2-5,8-9H2,1H3. The van der Waals surface area contributed by atoms with Crippen LogP contribution in [0.15, 0.2) is 18.2 Å². The molecule has 1 atom stereocenters. The zero-order valence-corrected chi connectivity index (χ0v) is 10.9. The lowest BCUT2D eigenvalue weighted by atomic mass is 10.1. The first-order chi connectivity index (χ1) is 8.65. The van der Waals surface area contributed by atoms with E-state index in [0.29, 0.717) is 0 Å². The normalized spacial score (nSPS) is 12.6. The molecule has 4 N–H and O–H groups in total. The Balaban J connectivity index is 2.29. The van der Waals surface area contributed by atoms with Gasteiger partial charge in [0.25, 0.3) is 0 Å². The second-order valence-corrected chi connectivity index (χ2v) is 4.56. The zero-order valence-electron chi connectivity index (χ0n) is 10.9. The summed E-state index contributed by atoms with van der Waals surface area (Å²) in [4.78, 5) is 0. The van der Waals surface area contributed by atoms with E-state index in [2.05, 4.69) is 5.32 Å². The molecule has 1 unspecified atom stereocenters. The lowest BCUT2D eigenvalue weighted by Gasteiger charge is -2.15. The molecule has 0 saturated carbocycles. The summed E-state index contributed by atoms with van der Waals surface area (Å²) in [6.07, 6.45) is 4.08. The third-order valence-electron chi connectivity index (χ3n) is 3.02. The van der Waals surface area contributed by atoms with Gasteiger partial charge in [0.1, 0.15) is 11.5 Å². The first-order valence-corrected chi connectivity index (χ1v) is 6.51. The van der Waals surface area contributed by atoms with Crippen LogP contribution < -0.4 is 5.32 Å². The van der Waals surface area contributed by atoms with Crippen molar-refractivity contribution in [2.45, 2.75) is 38.6 Å². The molecule has 0 saturated heterocycles. The summed E-state index contributed by atoms with van der Waals surface area (Å²) in [5, 5.41) is 30.9. The predicted octanol–water partition coefficient (Wildman–Crippen LogP) is 2.30. The van der Waals surface area contributed by atoms with Crippen LogP contribution in [-0.4, -0.2) is 28.5 Å². The molecule has 0 aromatic heterocycles. The summed E-state index contributed by atoms with van der Waals surface area (Å²) in [5.74, 6) is 0.197. The van der Waals surface area contributed by atoms with E-state index in [0.717, 1.165) is 37.8 Å². The van der Waals surface area contributed by atoms with Gasteiger partial charge in [-0.3, -0.25) is 0 Å². The number of aliphatic hydroxyl groups is 1. The number of phenols is 2. The minimum Gasteiger partial charge on any atom is -0.508 e. The molecule has 1 aromatic carbocycles. The zero-order chi connectivity index (χ0) is 13.4. The molecule has 1 rings (SSSR count). The van der Waals surface area contributed by atoms with Gasteiger partial charge in [-0.2, -0.15) is 0 Å². The monoisotopic (exact) mass is 253 g/mol. The smallest absolute Gasteiger partial charge is 0.124 e. The molecule has 0 aliphatic rings. The van der Waals surface area contributed by atoms with E-state index in [1.807, 2.05) is 6.92 Å². The average molecular weight is 253 g/mol. The summed E-state index contributed by atoms with van der Waals surface area (Å²) in [6.45, 7) is 3.14. The van der Waals surface area contributed by atoms with Crippen molar-refractivity contribution in [2.75, 3.05) is 13.2 Å². The van der Waals surface area contributed by atoms with Crippen LogP contribution in [0.1, 0.15) is 44.2 Å². The third kappa shape index (κ3) is 4.94. The van der Waals surface area contributed by atoms with Crippen molar-refractivity contribution < 1.29 is 15.3 Å². The number of unbranched alkanes of at least 4 members (excludes halogenated alkanes) is 3. The minimum absolute atomic E-state index is 0.0587. The van der Waals surface area contributed by atoms with E-state index in [9.17, 15) is 10.2 Å². The Morgan fingerprint density at radius 3 is 2.50 bits per heavy atom. The van der Waals surface area contributed by atoms with Gasteiger partial charge in [0.15, 0.2) is 0 Å². The van der Waals surface area contributed by atoms with Crippen molar-refractivity contribution in [2.24, 2.45) is 0 Å². The van der Waals surface area contributed by atoms with E-state index >= 15 is 0 Å². The maximum absolute atomic E-state index is 9.71. The molecule has 4 nitrogen and oxygen atoms in total. The van der Waals surface area contributed by atoms with Gasteiger partial charge in [0.05, 0.1) is 0 Å². The number of nitrogens with one attached hydrogen (secondary N) is 1. The maximum atomic E-state index is 9.71. The number of phenolic OH excluding ortho intramolecular Hbond substituents is 2. The van der Waals surface area contributed by atoms with Crippen molar-refractivity contribution in [3.8, 4) is 11.5 Å². The van der Waals surface area contributed by atoms with Crippen molar-refractivity contribution in [1.82, 2.24) is 5.32 Å². The number of benzene rings is 1. The van der Waals surface area contributed by atoms with Crippen LogP contribution >= 0.6 is 0 Å². The lowest BCUT2D eigenvalue weighted by Crippen LogP contribution is -2.19. The van der Waals surface area contributed by atoms with Crippen LogP contribution in [0.2, 0.25) is 0 Å². The average Bonchev–Trinajstić information content (AvgIpc) is 2.33. The summed E-state index contributed by atoms with van der Waals surface area (Å²) in [7, 11) is 0. The van der Waals surface area contributed by atoms with E-state index in [1.165, 1.54) is 6.07 Å². The van der Waals surface area contributed by atoms with Crippen molar-refractivity contribution >= 4 is 0 Å². The summed E-state index contributed by atoms with van der Waals surface area (Å²) in [6, 6.07) is 4.72. The lowest BCUT2D eigenvalue weighted by molar-refractivity contribution is 0.282. The number of aromatic hydroxyl groups is 2. The van der Waals surface area contributed by atoms with Crippen LogP contribution in [0.3, 0.4) is 0 Å². The minimum atomic E-state index is 0.0587. The van der Waals surface area contributed by atoms with Gasteiger partial charge in [-0.05, 0) is 32.4 Å². The van der Waals surface area contributed by atoms with Crippen molar-refractivity contribution in [3.63, 3.8) is 0 Å². The summed E-state index contributed by atoms with van der Waals surface area (Å²) >= 11 is 0. The van der Waals surface area contributed by atoms with Gasteiger partial charge >= 0.3 is 0 Å². The fourth-order valence-electron chi connectivity index (χ4n) is 1.92. The second-order valence-electron chi connectivity index (χ2n) is 4.56. The number of rotatable bonds is 8. The Morgan fingerprint density at radius 2 is 1.83 bits per heavy atom. The third-order valence-corrected chi connectivity index (χ3v) is 3.02. The summed E-state index contributed by atoms with van der Waals surface area (Å²) < 4.78 is 0. The van der Waals surface area contributed by atoms with Crippen LogP contribution in [0.4, 0.5) is 0 Å². The topological polar surface area (TPSA) is 72.7 Å². The number of hydrogen-bond acceptors (Lipinski definition) is 4. The SMILES string of the molecule is CC(NCCCCCCO)c1ccc(O)cc1O. The first kappa shape index (κ1) is 14.8. The summed E-state index contributed by atoms with van der Waals surface area (Å²) in [5.41, 5.74) is 0.795. The molecule has 1 aromatic rings. The highest BCUT2D eigenvalue weighted by Crippen LogP contribution is 2.27. The Morgan fingerprint density at radius 1 is 1.11 bits per heavy atom. The molecule has 0 heterocycles. The largest absolute Gasteiger partial charge is 0.508 e. The molecule has 4 heteroatoms. The molecule has 0 spiro atoms. The molecule has 0 fully saturated rings. The van der Waals surface area contributed by atoms with Crippen molar-refractivity contribution in [3.05, 3.63) is 23.8 Å². The number of aliphatic hydroxyl groups excluding tert-OH is 1. The maximum Gasteiger partial charge on any atom is 0.124 e. The van der Waals surface area contributed by atoms with Gasteiger partial charge in [0.2, 0.25) is 0 Å². The Hall–Kier alpha value is -1.26.